The fourth-order valence-electron chi connectivity index (χ4n) is 2.29. The van der Waals surface area contributed by atoms with Crippen molar-refractivity contribution in [2.24, 2.45) is 11.7 Å². The number of halogens is 2. The van der Waals surface area contributed by atoms with Gasteiger partial charge in [-0.3, -0.25) is 9.89 Å². The monoisotopic (exact) mass is 389 g/mol. The quantitative estimate of drug-likeness (QED) is 0.631. The van der Waals surface area contributed by atoms with Crippen LogP contribution in [0.3, 0.4) is 0 Å². The largest absolute Gasteiger partial charge is 0.348 e. The molecule has 4 N–H and O–H groups in total. The van der Waals surface area contributed by atoms with E-state index in [2.05, 4.69) is 20.5 Å². The van der Waals surface area contributed by atoms with Gasteiger partial charge in [-0.05, 0) is 36.5 Å². The van der Waals surface area contributed by atoms with E-state index in [-0.39, 0.29) is 36.8 Å². The Morgan fingerprint density at radius 1 is 1.33 bits per heavy atom. The zero-order valence-corrected chi connectivity index (χ0v) is 15.4. The first-order valence-electron chi connectivity index (χ1n) is 7.34. The summed E-state index contributed by atoms with van der Waals surface area (Å²) in [5.74, 6) is 1.30. The number of hydrogen-bond donors (Lipinski definition) is 3. The first kappa shape index (κ1) is 20.8. The van der Waals surface area contributed by atoms with Crippen LogP contribution < -0.4 is 11.1 Å². The highest BCUT2D eigenvalue weighted by atomic mass is 35.5. The van der Waals surface area contributed by atoms with E-state index in [9.17, 15) is 4.79 Å². The highest BCUT2D eigenvalue weighted by molar-refractivity contribution is 7.98. The lowest BCUT2D eigenvalue weighted by atomic mass is 10.1. The summed E-state index contributed by atoms with van der Waals surface area (Å²) in [5.41, 5.74) is 7.53. The summed E-state index contributed by atoms with van der Waals surface area (Å²) in [6.45, 7) is 0.502. The summed E-state index contributed by atoms with van der Waals surface area (Å²) in [6, 6.07) is 7.74. The van der Waals surface area contributed by atoms with Crippen molar-refractivity contribution < 1.29 is 4.79 Å². The Kier molecular flexibility index (Phi) is 8.55. The molecule has 0 spiro atoms. The van der Waals surface area contributed by atoms with Gasteiger partial charge in [-0.25, -0.2) is 4.98 Å². The highest BCUT2D eigenvalue weighted by Gasteiger charge is 2.31. The lowest BCUT2D eigenvalue weighted by Gasteiger charge is -2.16. The van der Waals surface area contributed by atoms with E-state index in [1.165, 1.54) is 19.2 Å². The third kappa shape index (κ3) is 5.66. The smallest absolute Gasteiger partial charge is 0.251 e. The van der Waals surface area contributed by atoms with Crippen molar-refractivity contribution in [3.8, 4) is 0 Å². The number of amides is 1. The van der Waals surface area contributed by atoms with Crippen molar-refractivity contribution >= 4 is 42.5 Å². The number of benzene rings is 1. The molecule has 0 saturated heterocycles. The van der Waals surface area contributed by atoms with Crippen molar-refractivity contribution in [1.29, 1.82) is 0 Å². The molecule has 1 unspecified atom stereocenters. The molecule has 2 aromatic rings. The lowest BCUT2D eigenvalue weighted by molar-refractivity contribution is 0.0933. The molecule has 1 fully saturated rings. The molecular formula is C15H21Cl2N5OS. The number of rotatable bonds is 7. The SMILES string of the molecule is Cl.Cl.NCC(NC(=O)c1ccc(CSc2ncn[nH]2)cc1)C1CC1. The number of hydrogen-bond acceptors (Lipinski definition) is 5. The molecular weight excluding hydrogens is 369 g/mol. The number of nitrogens with zero attached hydrogens (tertiary/aromatic N) is 2. The van der Waals surface area contributed by atoms with E-state index in [1.807, 2.05) is 24.3 Å². The lowest BCUT2D eigenvalue weighted by Crippen LogP contribution is -2.41. The minimum Gasteiger partial charge on any atom is -0.348 e. The number of thioether (sulfide) groups is 1. The Morgan fingerprint density at radius 3 is 2.58 bits per heavy atom. The average Bonchev–Trinajstić information content (AvgIpc) is 3.26. The van der Waals surface area contributed by atoms with Gasteiger partial charge in [0.05, 0.1) is 0 Å². The molecule has 132 valence electrons. The van der Waals surface area contributed by atoms with Crippen LogP contribution in [0.15, 0.2) is 35.7 Å². The van der Waals surface area contributed by atoms with Gasteiger partial charge in [0, 0.05) is 23.9 Å². The molecule has 0 aliphatic heterocycles. The number of nitrogens with two attached hydrogens (primary N) is 1. The fourth-order valence-corrected chi connectivity index (χ4v) is 3.02. The Balaban J connectivity index is 0.00000144. The van der Waals surface area contributed by atoms with Crippen molar-refractivity contribution in [2.45, 2.75) is 29.8 Å². The Morgan fingerprint density at radius 2 is 2.04 bits per heavy atom. The predicted molar refractivity (Wildman–Crippen MR) is 99.9 cm³/mol. The number of aromatic nitrogens is 3. The predicted octanol–water partition coefficient (Wildman–Crippen LogP) is 2.41. The van der Waals surface area contributed by atoms with Crippen LogP contribution >= 0.6 is 36.6 Å². The van der Waals surface area contributed by atoms with E-state index < -0.39 is 0 Å². The summed E-state index contributed by atoms with van der Waals surface area (Å²) in [4.78, 5) is 16.3. The van der Waals surface area contributed by atoms with Crippen LogP contribution in [0.1, 0.15) is 28.8 Å². The van der Waals surface area contributed by atoms with Gasteiger partial charge in [0.1, 0.15) is 6.33 Å². The van der Waals surface area contributed by atoms with Crippen LogP contribution in [-0.4, -0.2) is 33.7 Å². The second kappa shape index (κ2) is 9.88. The van der Waals surface area contributed by atoms with E-state index >= 15 is 0 Å². The van der Waals surface area contributed by atoms with Gasteiger partial charge < -0.3 is 11.1 Å². The molecule has 3 rings (SSSR count). The normalized spacial score (nSPS) is 14.2. The molecule has 1 atom stereocenters. The molecule has 0 bridgehead atoms. The molecule has 1 heterocycles. The maximum atomic E-state index is 12.2. The molecule has 1 aliphatic carbocycles. The van der Waals surface area contributed by atoms with Crippen molar-refractivity contribution in [3.63, 3.8) is 0 Å². The first-order chi connectivity index (χ1) is 10.8. The molecule has 1 aromatic heterocycles. The zero-order chi connectivity index (χ0) is 15.4. The van der Waals surface area contributed by atoms with Gasteiger partial charge in [-0.1, -0.05) is 23.9 Å². The summed E-state index contributed by atoms with van der Waals surface area (Å²) >= 11 is 1.57. The number of carbonyl (C=O) groups excluding carboxylic acids is 1. The van der Waals surface area contributed by atoms with Gasteiger partial charge in [0.15, 0.2) is 5.16 Å². The Hall–Kier alpha value is -1.28. The van der Waals surface area contributed by atoms with Gasteiger partial charge in [0.25, 0.3) is 5.91 Å². The summed E-state index contributed by atoms with van der Waals surface area (Å²) in [7, 11) is 0. The van der Waals surface area contributed by atoms with Gasteiger partial charge in [-0.2, -0.15) is 5.10 Å². The topological polar surface area (TPSA) is 96.7 Å². The van der Waals surface area contributed by atoms with Crippen LogP contribution in [0, 0.1) is 5.92 Å². The molecule has 9 heteroatoms. The maximum absolute atomic E-state index is 12.2. The standard InChI is InChI=1S/C15H19N5OS.2ClH/c16-7-13(11-5-6-11)19-14(21)12-3-1-10(2-4-12)8-22-15-17-9-18-20-15;;/h1-4,9,11,13H,5-8,16H2,(H,19,21)(H,17,18,20);2*1H. The molecule has 1 amide bonds. The molecule has 1 aliphatic rings. The molecule has 1 aromatic carbocycles. The molecule has 1 saturated carbocycles. The number of aromatic amines is 1. The third-order valence-corrected chi connectivity index (χ3v) is 4.69. The first-order valence-corrected chi connectivity index (χ1v) is 8.33. The Labute approximate surface area is 157 Å². The number of nitrogens with one attached hydrogen (secondary N) is 2. The maximum Gasteiger partial charge on any atom is 0.251 e. The van der Waals surface area contributed by atoms with Crippen LogP contribution in [0.4, 0.5) is 0 Å². The average molecular weight is 390 g/mol. The minimum atomic E-state index is -0.0446. The summed E-state index contributed by atoms with van der Waals surface area (Å²) in [5, 5.41) is 10.4. The van der Waals surface area contributed by atoms with Gasteiger partial charge in [-0.15, -0.1) is 24.8 Å². The van der Waals surface area contributed by atoms with E-state index in [0.717, 1.165) is 16.5 Å². The minimum absolute atomic E-state index is 0. The second-order valence-electron chi connectivity index (χ2n) is 5.43. The summed E-state index contributed by atoms with van der Waals surface area (Å²) < 4.78 is 0. The zero-order valence-electron chi connectivity index (χ0n) is 13.0. The van der Waals surface area contributed by atoms with Crippen molar-refractivity contribution in [2.75, 3.05) is 6.54 Å². The Bertz CT molecular complexity index is 619. The number of carbonyl (C=O) groups is 1. The molecule has 6 nitrogen and oxygen atoms in total. The highest BCUT2D eigenvalue weighted by Crippen LogP contribution is 2.32. The van der Waals surface area contributed by atoms with E-state index in [0.29, 0.717) is 18.0 Å². The molecule has 0 radical (unpaired) electrons. The fraction of sp³-hybridized carbons (Fsp3) is 0.400. The van der Waals surface area contributed by atoms with Crippen molar-refractivity contribution in [1.82, 2.24) is 20.5 Å². The van der Waals surface area contributed by atoms with Crippen LogP contribution in [-0.2, 0) is 5.75 Å². The van der Waals surface area contributed by atoms with E-state index in [4.69, 9.17) is 5.73 Å². The van der Waals surface area contributed by atoms with Gasteiger partial charge in [0.2, 0.25) is 0 Å². The van der Waals surface area contributed by atoms with Crippen LogP contribution in [0.2, 0.25) is 0 Å². The number of H-pyrrole nitrogens is 1. The summed E-state index contributed by atoms with van der Waals surface area (Å²) in [6.07, 6.45) is 3.82. The third-order valence-electron chi connectivity index (χ3n) is 3.75. The van der Waals surface area contributed by atoms with Crippen LogP contribution in [0.25, 0.3) is 0 Å². The van der Waals surface area contributed by atoms with Crippen LogP contribution in [0.5, 0.6) is 0 Å². The van der Waals surface area contributed by atoms with Crippen molar-refractivity contribution in [3.05, 3.63) is 41.7 Å². The van der Waals surface area contributed by atoms with Gasteiger partial charge >= 0.3 is 0 Å². The molecule has 24 heavy (non-hydrogen) atoms. The van der Waals surface area contributed by atoms with E-state index in [1.54, 1.807) is 11.8 Å². The second-order valence-corrected chi connectivity index (χ2v) is 6.39.